The van der Waals surface area contributed by atoms with Crippen molar-refractivity contribution in [3.8, 4) is 0 Å². The molecule has 0 amide bonds. The number of ether oxygens (including phenoxy) is 1. The Labute approximate surface area is 143 Å². The van der Waals surface area contributed by atoms with Gasteiger partial charge in [-0.25, -0.2) is 9.97 Å². The van der Waals surface area contributed by atoms with Crippen LogP contribution in [0.4, 0.5) is 11.5 Å². The molecule has 1 N–H and O–H groups in total. The minimum Gasteiger partial charge on any atom is -0.387 e. The largest absolute Gasteiger partial charge is 0.387 e. The molecule has 1 aromatic heterocycles. The second-order valence-electron chi connectivity index (χ2n) is 6.54. The third kappa shape index (κ3) is 2.89. The summed E-state index contributed by atoms with van der Waals surface area (Å²) in [6.45, 7) is 11.0. The average molecular weight is 327 g/mol. The Morgan fingerprint density at radius 3 is 2.46 bits per heavy atom. The van der Waals surface area contributed by atoms with Crippen LogP contribution >= 0.6 is 0 Å². The number of aliphatic hydroxyl groups is 1. The lowest BCUT2D eigenvalue weighted by atomic mass is 10.0. The van der Waals surface area contributed by atoms with Gasteiger partial charge in [-0.1, -0.05) is 24.6 Å². The Morgan fingerprint density at radius 2 is 1.83 bits per heavy atom. The van der Waals surface area contributed by atoms with Crippen molar-refractivity contribution >= 4 is 11.5 Å². The third-order valence-corrected chi connectivity index (χ3v) is 4.46. The van der Waals surface area contributed by atoms with Gasteiger partial charge < -0.3 is 14.7 Å². The predicted molar refractivity (Wildman–Crippen MR) is 94.5 cm³/mol. The molecule has 3 rings (SSSR count). The van der Waals surface area contributed by atoms with Crippen molar-refractivity contribution < 1.29 is 9.84 Å². The molecule has 1 aromatic carbocycles. The zero-order chi connectivity index (χ0) is 17.4. The minimum atomic E-state index is -0.593. The van der Waals surface area contributed by atoms with Crippen LogP contribution in [0.2, 0.25) is 0 Å². The van der Waals surface area contributed by atoms with Crippen LogP contribution in [0.25, 0.3) is 0 Å². The molecule has 1 aliphatic rings. The summed E-state index contributed by atoms with van der Waals surface area (Å²) in [7, 11) is 0. The topological polar surface area (TPSA) is 58.5 Å². The first-order valence-electron chi connectivity index (χ1n) is 8.41. The molecule has 0 radical (unpaired) electrons. The lowest BCUT2D eigenvalue weighted by Gasteiger charge is -2.33. The maximum Gasteiger partial charge on any atom is 0.144 e. The molecular formula is C19H25N3O2. The molecule has 24 heavy (non-hydrogen) atoms. The van der Waals surface area contributed by atoms with Gasteiger partial charge in [0.25, 0.3) is 0 Å². The standard InChI is InChI=1S/C19H25N3O2/c1-6-16(23)17-15-9-24-10-22(19(15)21-14(5)20-17)18-12(3)7-11(2)8-13(18)4/h7-8,16,23H,6,9-10H2,1-5H3. The molecule has 0 fully saturated rings. The van der Waals surface area contributed by atoms with E-state index < -0.39 is 6.10 Å². The Morgan fingerprint density at radius 1 is 1.17 bits per heavy atom. The molecule has 1 atom stereocenters. The molecule has 0 bridgehead atoms. The number of anilines is 2. The highest BCUT2D eigenvalue weighted by Gasteiger charge is 2.28. The first kappa shape index (κ1) is 16.9. The van der Waals surface area contributed by atoms with Crippen LogP contribution in [0, 0.1) is 27.7 Å². The quantitative estimate of drug-likeness (QED) is 0.929. The zero-order valence-corrected chi connectivity index (χ0v) is 15.1. The van der Waals surface area contributed by atoms with Gasteiger partial charge in [0.05, 0.1) is 24.1 Å². The molecule has 0 spiro atoms. The van der Waals surface area contributed by atoms with Crippen LogP contribution in [0.3, 0.4) is 0 Å². The molecule has 1 aliphatic heterocycles. The normalized spacial score (nSPS) is 15.3. The first-order valence-corrected chi connectivity index (χ1v) is 8.41. The van der Waals surface area contributed by atoms with Crippen LogP contribution in [-0.2, 0) is 11.3 Å². The van der Waals surface area contributed by atoms with E-state index in [9.17, 15) is 5.11 Å². The highest BCUT2D eigenvalue weighted by Crippen LogP contribution is 2.38. The summed E-state index contributed by atoms with van der Waals surface area (Å²) in [5.41, 5.74) is 6.33. The summed E-state index contributed by atoms with van der Waals surface area (Å²) in [6.07, 6.45) is 0.0232. The van der Waals surface area contributed by atoms with E-state index in [2.05, 4.69) is 47.8 Å². The molecule has 5 heteroatoms. The summed E-state index contributed by atoms with van der Waals surface area (Å²) >= 11 is 0. The molecule has 2 aromatic rings. The van der Waals surface area contributed by atoms with Crippen molar-refractivity contribution in [3.05, 3.63) is 45.9 Å². The highest BCUT2D eigenvalue weighted by molar-refractivity contribution is 5.70. The summed E-state index contributed by atoms with van der Waals surface area (Å²) in [5, 5.41) is 10.3. The Hall–Kier alpha value is -1.98. The van der Waals surface area contributed by atoms with Crippen molar-refractivity contribution in [1.29, 1.82) is 0 Å². The summed E-state index contributed by atoms with van der Waals surface area (Å²) in [5.74, 6) is 1.52. The Balaban J connectivity index is 2.18. The maximum absolute atomic E-state index is 10.3. The molecule has 1 unspecified atom stereocenters. The molecule has 0 saturated heterocycles. The lowest BCUT2D eigenvalue weighted by Crippen LogP contribution is -2.30. The van der Waals surface area contributed by atoms with Crippen LogP contribution in [0.5, 0.6) is 0 Å². The van der Waals surface area contributed by atoms with Gasteiger partial charge in [-0.05, 0) is 45.2 Å². The highest BCUT2D eigenvalue weighted by atomic mass is 16.5. The number of fused-ring (bicyclic) bond motifs is 1. The summed E-state index contributed by atoms with van der Waals surface area (Å²) in [6, 6.07) is 4.35. The van der Waals surface area contributed by atoms with Crippen molar-refractivity contribution in [3.63, 3.8) is 0 Å². The second-order valence-corrected chi connectivity index (χ2v) is 6.54. The van der Waals surface area contributed by atoms with Crippen molar-refractivity contribution in [2.45, 2.75) is 53.8 Å². The first-order chi connectivity index (χ1) is 11.4. The Kier molecular flexibility index (Phi) is 4.56. The van der Waals surface area contributed by atoms with E-state index in [-0.39, 0.29) is 0 Å². The number of aromatic nitrogens is 2. The van der Waals surface area contributed by atoms with E-state index in [4.69, 9.17) is 4.74 Å². The monoisotopic (exact) mass is 327 g/mol. The molecule has 2 heterocycles. The van der Waals surface area contributed by atoms with E-state index in [1.807, 2.05) is 13.8 Å². The number of hydrogen-bond acceptors (Lipinski definition) is 5. The van der Waals surface area contributed by atoms with Crippen LogP contribution < -0.4 is 4.90 Å². The SMILES string of the molecule is CCC(O)c1nc(C)nc2c1COCN2c1c(C)cc(C)cc1C. The van der Waals surface area contributed by atoms with Crippen LogP contribution in [0.15, 0.2) is 12.1 Å². The van der Waals surface area contributed by atoms with E-state index >= 15 is 0 Å². The van der Waals surface area contributed by atoms with Crippen LogP contribution in [0.1, 0.15) is 53.2 Å². The molecular weight excluding hydrogens is 302 g/mol. The van der Waals surface area contributed by atoms with E-state index in [0.29, 0.717) is 31.3 Å². The summed E-state index contributed by atoms with van der Waals surface area (Å²) < 4.78 is 5.81. The molecule has 5 nitrogen and oxygen atoms in total. The predicted octanol–water partition coefficient (Wildman–Crippen LogP) is 3.78. The van der Waals surface area contributed by atoms with E-state index in [0.717, 1.165) is 17.1 Å². The van der Waals surface area contributed by atoms with Gasteiger partial charge in [-0.3, -0.25) is 0 Å². The number of nitrogens with zero attached hydrogens (tertiary/aromatic N) is 3. The molecule has 128 valence electrons. The number of rotatable bonds is 3. The second kappa shape index (κ2) is 6.49. The van der Waals surface area contributed by atoms with Gasteiger partial charge in [0.2, 0.25) is 0 Å². The fourth-order valence-electron chi connectivity index (χ4n) is 3.50. The van der Waals surface area contributed by atoms with Gasteiger partial charge in [0, 0.05) is 5.56 Å². The van der Waals surface area contributed by atoms with Gasteiger partial charge in [0.1, 0.15) is 18.4 Å². The average Bonchev–Trinajstić information content (AvgIpc) is 2.53. The smallest absolute Gasteiger partial charge is 0.144 e. The third-order valence-electron chi connectivity index (χ3n) is 4.46. The number of aliphatic hydroxyl groups excluding tert-OH is 1. The van der Waals surface area contributed by atoms with Crippen molar-refractivity contribution in [2.24, 2.45) is 0 Å². The van der Waals surface area contributed by atoms with Crippen molar-refractivity contribution in [2.75, 3.05) is 11.6 Å². The van der Waals surface area contributed by atoms with Gasteiger partial charge in [-0.2, -0.15) is 0 Å². The Bertz CT molecular complexity index is 750. The fraction of sp³-hybridized carbons (Fsp3) is 0.474. The van der Waals surface area contributed by atoms with Crippen molar-refractivity contribution in [1.82, 2.24) is 9.97 Å². The summed E-state index contributed by atoms with van der Waals surface area (Å²) in [4.78, 5) is 11.3. The lowest BCUT2D eigenvalue weighted by molar-refractivity contribution is 0.108. The number of aryl methyl sites for hydroxylation is 4. The van der Waals surface area contributed by atoms with E-state index in [1.54, 1.807) is 0 Å². The van der Waals surface area contributed by atoms with Gasteiger partial charge >= 0.3 is 0 Å². The molecule has 0 saturated carbocycles. The minimum absolute atomic E-state index is 0.433. The van der Waals surface area contributed by atoms with Crippen LogP contribution in [-0.4, -0.2) is 21.8 Å². The van der Waals surface area contributed by atoms with E-state index in [1.165, 1.54) is 16.7 Å². The fourth-order valence-corrected chi connectivity index (χ4v) is 3.50. The molecule has 0 aliphatic carbocycles. The number of hydrogen-bond donors (Lipinski definition) is 1. The number of benzene rings is 1. The van der Waals surface area contributed by atoms with Gasteiger partial charge in [-0.15, -0.1) is 0 Å². The maximum atomic E-state index is 10.3. The zero-order valence-electron chi connectivity index (χ0n) is 15.1. The van der Waals surface area contributed by atoms with Gasteiger partial charge in [0.15, 0.2) is 0 Å².